The van der Waals surface area contributed by atoms with Crippen molar-refractivity contribution in [2.45, 2.75) is 45.6 Å². The second-order valence-electron chi connectivity index (χ2n) is 5.66. The van der Waals surface area contributed by atoms with E-state index in [1.807, 2.05) is 12.1 Å². The lowest BCUT2D eigenvalue weighted by Crippen LogP contribution is -2.36. The van der Waals surface area contributed by atoms with Gasteiger partial charge in [-0.2, -0.15) is 0 Å². The molecular weight excluding hydrogens is 244 g/mol. The van der Waals surface area contributed by atoms with Gasteiger partial charge in [-0.15, -0.1) is 0 Å². The van der Waals surface area contributed by atoms with Crippen molar-refractivity contribution in [3.63, 3.8) is 0 Å². The zero-order valence-corrected chi connectivity index (χ0v) is 12.1. The van der Waals surface area contributed by atoms with Gasteiger partial charge in [-0.05, 0) is 30.9 Å². The molecule has 0 atom stereocenters. The maximum Gasteiger partial charge on any atom is 0.0741 e. The molecule has 18 heavy (non-hydrogen) atoms. The minimum atomic E-state index is 0.629. The zero-order chi connectivity index (χ0) is 13.1. The van der Waals surface area contributed by atoms with Crippen molar-refractivity contribution in [3.8, 4) is 0 Å². The summed E-state index contributed by atoms with van der Waals surface area (Å²) in [6.45, 7) is 5.56. The van der Waals surface area contributed by atoms with Gasteiger partial charge in [0.05, 0.1) is 16.4 Å². The highest BCUT2D eigenvalue weighted by molar-refractivity contribution is 6.33. The first-order valence-electron chi connectivity index (χ1n) is 6.90. The van der Waals surface area contributed by atoms with E-state index in [2.05, 4.69) is 24.8 Å². The highest BCUT2D eigenvalue weighted by Gasteiger charge is 2.25. The molecule has 0 heterocycles. The van der Waals surface area contributed by atoms with E-state index < -0.39 is 0 Å². The maximum atomic E-state index is 6.15. The topological polar surface area (TPSA) is 29.3 Å². The molecular formula is C15H23ClN2. The number of hydrogen-bond donors (Lipinski definition) is 1. The van der Waals surface area contributed by atoms with E-state index in [4.69, 9.17) is 17.3 Å². The molecule has 0 aromatic heterocycles. The molecule has 0 bridgehead atoms. The molecule has 1 aliphatic carbocycles. The number of anilines is 2. The first-order chi connectivity index (χ1) is 8.59. The van der Waals surface area contributed by atoms with Gasteiger partial charge in [-0.25, -0.2) is 0 Å². The van der Waals surface area contributed by atoms with E-state index in [9.17, 15) is 0 Å². The van der Waals surface area contributed by atoms with E-state index in [1.54, 1.807) is 0 Å². The Morgan fingerprint density at radius 2 is 2.00 bits per heavy atom. The largest absolute Gasteiger partial charge is 0.396 e. The average molecular weight is 267 g/mol. The molecule has 100 valence electrons. The lowest BCUT2D eigenvalue weighted by molar-refractivity contribution is 0.536. The fourth-order valence-corrected chi connectivity index (χ4v) is 3.00. The summed E-state index contributed by atoms with van der Waals surface area (Å²) in [5, 5.41) is 0.666. The smallest absolute Gasteiger partial charge is 0.0741 e. The highest BCUT2D eigenvalue weighted by atomic mass is 35.5. The lowest BCUT2D eigenvalue weighted by Gasteiger charge is -2.33. The lowest BCUT2D eigenvalue weighted by atomic mass is 10.1. The quantitative estimate of drug-likeness (QED) is 0.822. The third-order valence-corrected chi connectivity index (χ3v) is 4.00. The maximum absolute atomic E-state index is 6.15. The van der Waals surface area contributed by atoms with Crippen molar-refractivity contribution in [2.24, 2.45) is 5.92 Å². The van der Waals surface area contributed by atoms with Gasteiger partial charge in [0, 0.05) is 12.6 Å². The Morgan fingerprint density at radius 1 is 1.33 bits per heavy atom. The van der Waals surface area contributed by atoms with Gasteiger partial charge in [0.15, 0.2) is 0 Å². The number of nitrogens with zero attached hydrogens (tertiary/aromatic N) is 1. The SMILES string of the molecule is CC(C)CN(c1cccc(Cl)c1N)C1CCCC1. The number of hydrogen-bond acceptors (Lipinski definition) is 2. The Hall–Kier alpha value is -0.890. The van der Waals surface area contributed by atoms with Crippen LogP contribution in [0.15, 0.2) is 18.2 Å². The molecule has 0 amide bonds. The van der Waals surface area contributed by atoms with Crippen LogP contribution in [0.25, 0.3) is 0 Å². The van der Waals surface area contributed by atoms with Crippen LogP contribution >= 0.6 is 11.6 Å². The summed E-state index contributed by atoms with van der Waals surface area (Å²) in [5.74, 6) is 0.629. The van der Waals surface area contributed by atoms with Crippen molar-refractivity contribution in [3.05, 3.63) is 23.2 Å². The van der Waals surface area contributed by atoms with E-state index in [0.717, 1.165) is 17.9 Å². The highest BCUT2D eigenvalue weighted by Crippen LogP contribution is 2.35. The van der Waals surface area contributed by atoms with Gasteiger partial charge >= 0.3 is 0 Å². The molecule has 0 saturated heterocycles. The fraction of sp³-hybridized carbons (Fsp3) is 0.600. The van der Waals surface area contributed by atoms with Gasteiger partial charge < -0.3 is 10.6 Å². The second-order valence-corrected chi connectivity index (χ2v) is 6.06. The van der Waals surface area contributed by atoms with Crippen LogP contribution in [-0.2, 0) is 0 Å². The molecule has 0 unspecified atom stereocenters. The molecule has 1 fully saturated rings. The molecule has 2 N–H and O–H groups in total. The number of nitrogen functional groups attached to an aromatic ring is 1. The number of halogens is 1. The van der Waals surface area contributed by atoms with Crippen LogP contribution in [0, 0.1) is 5.92 Å². The molecule has 1 saturated carbocycles. The summed E-state index contributed by atoms with van der Waals surface area (Å²) < 4.78 is 0. The van der Waals surface area contributed by atoms with Gasteiger partial charge in [-0.3, -0.25) is 0 Å². The summed E-state index contributed by atoms with van der Waals surface area (Å²) in [6.07, 6.45) is 5.22. The van der Waals surface area contributed by atoms with E-state index >= 15 is 0 Å². The number of rotatable bonds is 4. The number of nitrogens with two attached hydrogens (primary N) is 1. The third-order valence-electron chi connectivity index (χ3n) is 3.67. The van der Waals surface area contributed by atoms with Crippen LogP contribution in [0.5, 0.6) is 0 Å². The Morgan fingerprint density at radius 3 is 2.61 bits per heavy atom. The molecule has 1 aromatic carbocycles. The predicted molar refractivity (Wildman–Crippen MR) is 80.3 cm³/mol. The monoisotopic (exact) mass is 266 g/mol. The van der Waals surface area contributed by atoms with Gasteiger partial charge in [0.25, 0.3) is 0 Å². The Bertz CT molecular complexity index is 397. The molecule has 1 aliphatic rings. The Labute approximate surface area is 115 Å². The molecule has 0 spiro atoms. The zero-order valence-electron chi connectivity index (χ0n) is 11.3. The summed E-state index contributed by atoms with van der Waals surface area (Å²) in [7, 11) is 0. The van der Waals surface area contributed by atoms with E-state index in [0.29, 0.717) is 17.0 Å². The first-order valence-corrected chi connectivity index (χ1v) is 7.28. The van der Waals surface area contributed by atoms with Gasteiger partial charge in [0.1, 0.15) is 0 Å². The number of benzene rings is 1. The minimum Gasteiger partial charge on any atom is -0.396 e. The first kappa shape index (κ1) is 13.5. The predicted octanol–water partition coefficient (Wildman–Crippen LogP) is 4.33. The van der Waals surface area contributed by atoms with Crippen LogP contribution in [0.4, 0.5) is 11.4 Å². The van der Waals surface area contributed by atoms with Crippen molar-refractivity contribution in [2.75, 3.05) is 17.2 Å². The molecule has 2 rings (SSSR count). The van der Waals surface area contributed by atoms with Gasteiger partial charge in [-0.1, -0.05) is 44.4 Å². The van der Waals surface area contributed by atoms with Gasteiger partial charge in [0.2, 0.25) is 0 Å². The van der Waals surface area contributed by atoms with E-state index in [-0.39, 0.29) is 0 Å². The summed E-state index contributed by atoms with van der Waals surface area (Å²) >= 11 is 6.15. The van der Waals surface area contributed by atoms with Crippen LogP contribution in [0.2, 0.25) is 5.02 Å². The van der Waals surface area contributed by atoms with Crippen LogP contribution in [-0.4, -0.2) is 12.6 Å². The van der Waals surface area contributed by atoms with Crippen molar-refractivity contribution in [1.82, 2.24) is 0 Å². The van der Waals surface area contributed by atoms with Crippen LogP contribution < -0.4 is 10.6 Å². The summed E-state index contributed by atoms with van der Waals surface area (Å²) in [6, 6.07) is 6.59. The van der Waals surface area contributed by atoms with Crippen LogP contribution in [0.1, 0.15) is 39.5 Å². The minimum absolute atomic E-state index is 0.629. The summed E-state index contributed by atoms with van der Waals surface area (Å²) in [5.41, 5.74) is 8.00. The average Bonchev–Trinajstić information content (AvgIpc) is 2.83. The Kier molecular flexibility index (Phi) is 4.39. The van der Waals surface area contributed by atoms with Crippen molar-refractivity contribution in [1.29, 1.82) is 0 Å². The van der Waals surface area contributed by atoms with Crippen molar-refractivity contribution < 1.29 is 0 Å². The normalized spacial score (nSPS) is 16.4. The molecule has 3 heteroatoms. The van der Waals surface area contributed by atoms with E-state index in [1.165, 1.54) is 25.7 Å². The molecule has 1 aromatic rings. The standard InChI is InChI=1S/C15H23ClN2/c1-11(2)10-18(12-6-3-4-7-12)14-9-5-8-13(16)15(14)17/h5,8-9,11-12H,3-4,6-7,10,17H2,1-2H3. The molecule has 2 nitrogen and oxygen atoms in total. The Balaban J connectivity index is 2.29. The fourth-order valence-electron chi connectivity index (χ4n) is 2.83. The second kappa shape index (κ2) is 5.83. The summed E-state index contributed by atoms with van der Waals surface area (Å²) in [4.78, 5) is 2.47. The molecule has 0 radical (unpaired) electrons. The third kappa shape index (κ3) is 2.92. The van der Waals surface area contributed by atoms with Crippen molar-refractivity contribution >= 4 is 23.0 Å². The van der Waals surface area contributed by atoms with Crippen LogP contribution in [0.3, 0.4) is 0 Å². The number of para-hydroxylation sites is 1. The molecule has 0 aliphatic heterocycles.